The van der Waals surface area contributed by atoms with Crippen LogP contribution in [0.1, 0.15) is 96.8 Å². The summed E-state index contributed by atoms with van der Waals surface area (Å²) in [5.74, 6) is 0.0760. The maximum absolute atomic E-state index is 11.3. The Morgan fingerprint density at radius 1 is 0.769 bits per heavy atom. The Bertz CT molecular complexity index is 340. The standard InChI is InChI=1S/C18H37NO2.H3O4P/c1-2-3-4-5-6-7-8-9-10-11-12-13-14-15-18(21)19-16-17-20;1-5(2,3)4/h20H,2-17H2,1H3,(H,19,21);(H3,1,2,3,4). The molecule has 0 bridgehead atoms. The first-order valence-corrected chi connectivity index (χ1v) is 11.5. The topological polar surface area (TPSA) is 127 Å². The molecule has 0 aliphatic heterocycles. The number of aliphatic hydroxyl groups excluding tert-OH is 1. The molecule has 5 N–H and O–H groups in total. The molecule has 0 unspecified atom stereocenters. The van der Waals surface area contributed by atoms with E-state index in [1.54, 1.807) is 0 Å². The predicted molar refractivity (Wildman–Crippen MR) is 105 cm³/mol. The van der Waals surface area contributed by atoms with Gasteiger partial charge in [-0.05, 0) is 6.42 Å². The van der Waals surface area contributed by atoms with E-state index in [-0.39, 0.29) is 12.5 Å². The molecule has 0 fully saturated rings. The van der Waals surface area contributed by atoms with Crippen molar-refractivity contribution >= 4 is 13.7 Å². The van der Waals surface area contributed by atoms with Gasteiger partial charge in [0.25, 0.3) is 0 Å². The van der Waals surface area contributed by atoms with Gasteiger partial charge >= 0.3 is 7.82 Å². The van der Waals surface area contributed by atoms with Crippen molar-refractivity contribution < 1.29 is 29.1 Å². The smallest absolute Gasteiger partial charge is 0.395 e. The number of carbonyl (C=O) groups is 1. The molecule has 0 aliphatic rings. The van der Waals surface area contributed by atoms with Crippen molar-refractivity contribution in [3.8, 4) is 0 Å². The Morgan fingerprint density at radius 3 is 1.46 bits per heavy atom. The lowest BCUT2D eigenvalue weighted by Crippen LogP contribution is -2.25. The molecule has 0 aromatic rings. The van der Waals surface area contributed by atoms with Crippen molar-refractivity contribution in [2.45, 2.75) is 96.8 Å². The molecule has 0 spiro atoms. The van der Waals surface area contributed by atoms with E-state index in [1.165, 1.54) is 70.6 Å². The summed E-state index contributed by atoms with van der Waals surface area (Å²) in [6.45, 7) is 2.68. The number of hydrogen-bond acceptors (Lipinski definition) is 3. The highest BCUT2D eigenvalue weighted by atomic mass is 31.2. The van der Waals surface area contributed by atoms with Crippen LogP contribution in [0.3, 0.4) is 0 Å². The summed E-state index contributed by atoms with van der Waals surface area (Å²) in [4.78, 5) is 32.8. The summed E-state index contributed by atoms with van der Waals surface area (Å²) in [5.41, 5.74) is 0. The van der Waals surface area contributed by atoms with E-state index in [1.807, 2.05) is 0 Å². The molecule has 0 rings (SSSR count). The number of carbonyl (C=O) groups excluding carboxylic acids is 1. The fourth-order valence-corrected chi connectivity index (χ4v) is 2.59. The molecule has 158 valence electrons. The molecule has 0 aliphatic carbocycles. The number of amides is 1. The average Bonchev–Trinajstić information content (AvgIpc) is 2.55. The van der Waals surface area contributed by atoms with Crippen molar-refractivity contribution in [3.63, 3.8) is 0 Å². The van der Waals surface area contributed by atoms with Gasteiger partial charge < -0.3 is 25.1 Å². The second-order valence-corrected chi connectivity index (χ2v) is 7.61. The first-order chi connectivity index (χ1) is 12.3. The van der Waals surface area contributed by atoms with E-state index in [0.717, 1.165) is 12.8 Å². The highest BCUT2D eigenvalue weighted by Crippen LogP contribution is 2.25. The van der Waals surface area contributed by atoms with Crippen LogP contribution in [-0.4, -0.2) is 38.8 Å². The third kappa shape index (κ3) is 34.8. The fourth-order valence-electron chi connectivity index (χ4n) is 2.59. The Labute approximate surface area is 158 Å². The molecule has 0 heterocycles. The Balaban J connectivity index is 0. The third-order valence-electron chi connectivity index (χ3n) is 3.94. The molecule has 0 aromatic heterocycles. The summed E-state index contributed by atoms with van der Waals surface area (Å²) in [7, 11) is -4.64. The van der Waals surface area contributed by atoms with Gasteiger partial charge in [0.15, 0.2) is 0 Å². The van der Waals surface area contributed by atoms with Crippen LogP contribution in [0.4, 0.5) is 0 Å². The highest BCUT2D eigenvalue weighted by Gasteiger charge is 2.00. The van der Waals surface area contributed by atoms with Crippen LogP contribution >= 0.6 is 7.82 Å². The normalized spacial score (nSPS) is 11.0. The first kappa shape index (κ1) is 27.8. The second kappa shape index (κ2) is 20.8. The zero-order valence-electron chi connectivity index (χ0n) is 16.4. The van der Waals surface area contributed by atoms with Gasteiger partial charge in [0.2, 0.25) is 5.91 Å². The van der Waals surface area contributed by atoms with Crippen molar-refractivity contribution in [2.24, 2.45) is 0 Å². The number of unbranched alkanes of at least 4 members (excludes halogenated alkanes) is 12. The Hall–Kier alpha value is -0.460. The molecule has 0 atom stereocenters. The maximum atomic E-state index is 11.3. The molecule has 0 saturated heterocycles. The van der Waals surface area contributed by atoms with E-state index in [9.17, 15) is 4.79 Å². The zero-order valence-corrected chi connectivity index (χ0v) is 17.3. The zero-order chi connectivity index (χ0) is 20.1. The fraction of sp³-hybridized carbons (Fsp3) is 0.944. The van der Waals surface area contributed by atoms with Crippen LogP contribution < -0.4 is 5.32 Å². The van der Waals surface area contributed by atoms with E-state index in [0.29, 0.717) is 13.0 Å². The van der Waals surface area contributed by atoms with Gasteiger partial charge in [-0.15, -0.1) is 0 Å². The van der Waals surface area contributed by atoms with Gasteiger partial charge in [0.1, 0.15) is 0 Å². The van der Waals surface area contributed by atoms with E-state index in [4.69, 9.17) is 24.4 Å². The van der Waals surface area contributed by atoms with E-state index in [2.05, 4.69) is 12.2 Å². The van der Waals surface area contributed by atoms with Crippen LogP contribution in [-0.2, 0) is 9.36 Å². The van der Waals surface area contributed by atoms with Gasteiger partial charge in [-0.2, -0.15) is 0 Å². The van der Waals surface area contributed by atoms with Crippen molar-refractivity contribution in [1.82, 2.24) is 5.32 Å². The monoisotopic (exact) mass is 397 g/mol. The number of nitrogens with one attached hydrogen (secondary N) is 1. The molecule has 1 amide bonds. The summed E-state index contributed by atoms with van der Waals surface area (Å²) in [5, 5.41) is 11.3. The quantitative estimate of drug-likeness (QED) is 0.200. The van der Waals surface area contributed by atoms with Crippen molar-refractivity contribution in [1.29, 1.82) is 0 Å². The van der Waals surface area contributed by atoms with Crippen molar-refractivity contribution in [3.05, 3.63) is 0 Å². The van der Waals surface area contributed by atoms with Crippen LogP contribution in [0.15, 0.2) is 0 Å². The largest absolute Gasteiger partial charge is 0.466 e. The molecular weight excluding hydrogens is 357 g/mol. The number of rotatable bonds is 16. The predicted octanol–water partition coefficient (Wildman–Crippen LogP) is 3.65. The van der Waals surface area contributed by atoms with E-state index < -0.39 is 7.82 Å². The molecule has 26 heavy (non-hydrogen) atoms. The number of hydrogen-bond donors (Lipinski definition) is 5. The highest BCUT2D eigenvalue weighted by molar-refractivity contribution is 7.45. The van der Waals surface area contributed by atoms with Gasteiger partial charge in [-0.1, -0.05) is 84.0 Å². The van der Waals surface area contributed by atoms with Gasteiger partial charge in [-0.3, -0.25) is 4.79 Å². The SMILES string of the molecule is CCCCCCCCCCCCCCCC(=O)NCCO.O=P(O)(O)O. The third-order valence-corrected chi connectivity index (χ3v) is 3.94. The molecule has 0 aromatic carbocycles. The molecule has 7 nitrogen and oxygen atoms in total. The van der Waals surface area contributed by atoms with Gasteiger partial charge in [-0.25, -0.2) is 4.57 Å². The maximum Gasteiger partial charge on any atom is 0.466 e. The van der Waals surface area contributed by atoms with Crippen LogP contribution in [0.2, 0.25) is 0 Å². The molecule has 0 radical (unpaired) electrons. The van der Waals surface area contributed by atoms with Crippen molar-refractivity contribution in [2.75, 3.05) is 13.2 Å². The molecule has 8 heteroatoms. The minimum Gasteiger partial charge on any atom is -0.395 e. The minimum atomic E-state index is -4.64. The summed E-state index contributed by atoms with van der Waals surface area (Å²) in [6, 6.07) is 0. The van der Waals surface area contributed by atoms with Crippen LogP contribution in [0, 0.1) is 0 Å². The van der Waals surface area contributed by atoms with Crippen LogP contribution in [0.5, 0.6) is 0 Å². The van der Waals surface area contributed by atoms with Gasteiger partial charge in [0, 0.05) is 13.0 Å². The van der Waals surface area contributed by atoms with E-state index >= 15 is 0 Å². The lowest BCUT2D eigenvalue weighted by atomic mass is 10.0. The first-order valence-electron chi connectivity index (χ1n) is 9.97. The lowest BCUT2D eigenvalue weighted by Gasteiger charge is -2.04. The average molecular weight is 397 g/mol. The molecule has 0 saturated carbocycles. The summed E-state index contributed by atoms with van der Waals surface area (Å²) in [6.07, 6.45) is 17.9. The second-order valence-electron chi connectivity index (χ2n) is 6.58. The van der Waals surface area contributed by atoms with Gasteiger partial charge in [0.05, 0.1) is 6.61 Å². The number of aliphatic hydroxyl groups is 1. The summed E-state index contributed by atoms with van der Waals surface area (Å²) < 4.78 is 8.88. The Kier molecular flexibility index (Phi) is 22.3. The number of phosphoric acid groups is 1. The molecular formula is C18H40NO6P. The Morgan fingerprint density at radius 2 is 1.12 bits per heavy atom. The summed E-state index contributed by atoms with van der Waals surface area (Å²) >= 11 is 0. The lowest BCUT2D eigenvalue weighted by molar-refractivity contribution is -0.121. The van der Waals surface area contributed by atoms with Crippen LogP contribution in [0.25, 0.3) is 0 Å². The minimum absolute atomic E-state index is 0.0321.